The molecule has 4 rings (SSSR count). The average molecular weight is 529 g/mol. The van der Waals surface area contributed by atoms with Crippen molar-refractivity contribution in [2.24, 2.45) is 11.8 Å². The van der Waals surface area contributed by atoms with Crippen LogP contribution in [0.3, 0.4) is 0 Å². The molecule has 0 aromatic heterocycles. The van der Waals surface area contributed by atoms with E-state index in [1.54, 1.807) is 32.9 Å². The van der Waals surface area contributed by atoms with Crippen LogP contribution < -0.4 is 5.32 Å². The summed E-state index contributed by atoms with van der Waals surface area (Å²) in [6.07, 6.45) is -0.295. The molecule has 38 heavy (non-hydrogen) atoms. The number of rotatable bonds is 5. The van der Waals surface area contributed by atoms with Crippen molar-refractivity contribution >= 4 is 23.2 Å². The highest BCUT2D eigenvalue weighted by atomic mass is 16.4. The summed E-state index contributed by atoms with van der Waals surface area (Å²) in [6.45, 7) is 7.12. The average Bonchev–Trinajstić information content (AvgIpc) is 2.80. The molecule has 3 aliphatic rings. The number of likely N-dealkylation sites (N-methyl/N-ethyl adjacent to an activating group) is 1. The Bertz CT molecular complexity index is 1280. The van der Waals surface area contributed by atoms with Gasteiger partial charge in [0.1, 0.15) is 22.8 Å². The van der Waals surface area contributed by atoms with Crippen molar-refractivity contribution in [1.29, 1.82) is 0 Å². The molecule has 10 nitrogen and oxygen atoms in total. The Morgan fingerprint density at radius 1 is 1.16 bits per heavy atom. The number of benzene rings is 1. The van der Waals surface area contributed by atoms with Crippen LogP contribution in [0.4, 0.5) is 0 Å². The van der Waals surface area contributed by atoms with Gasteiger partial charge in [0.2, 0.25) is 5.78 Å². The molecule has 0 saturated heterocycles. The van der Waals surface area contributed by atoms with Gasteiger partial charge in [0, 0.05) is 17.0 Å². The van der Waals surface area contributed by atoms with Gasteiger partial charge in [-0.1, -0.05) is 32.4 Å². The zero-order chi connectivity index (χ0) is 28.5. The van der Waals surface area contributed by atoms with Gasteiger partial charge < -0.3 is 30.8 Å². The predicted octanol–water partition coefficient (Wildman–Crippen LogP) is 1.71. The van der Waals surface area contributed by atoms with Gasteiger partial charge in [0.25, 0.3) is 5.91 Å². The number of amides is 1. The second-order valence-corrected chi connectivity index (χ2v) is 11.5. The zero-order valence-electron chi connectivity index (χ0n) is 22.4. The summed E-state index contributed by atoms with van der Waals surface area (Å²) < 4.78 is 0. The van der Waals surface area contributed by atoms with E-state index in [0.29, 0.717) is 12.0 Å². The third-order valence-corrected chi connectivity index (χ3v) is 8.30. The van der Waals surface area contributed by atoms with Crippen molar-refractivity contribution in [3.63, 3.8) is 0 Å². The van der Waals surface area contributed by atoms with E-state index in [-0.39, 0.29) is 16.9 Å². The molecule has 0 heterocycles. The van der Waals surface area contributed by atoms with E-state index in [1.165, 1.54) is 25.1 Å². The quantitative estimate of drug-likeness (QED) is 0.312. The van der Waals surface area contributed by atoms with Crippen LogP contribution in [0.5, 0.6) is 5.75 Å². The Kier molecular flexibility index (Phi) is 6.75. The molecule has 1 saturated carbocycles. The molecule has 0 aliphatic heterocycles. The first-order valence-corrected chi connectivity index (χ1v) is 12.8. The molecule has 0 unspecified atom stereocenters. The molecule has 6 N–H and O–H groups in total. The summed E-state index contributed by atoms with van der Waals surface area (Å²) in [7, 11) is 3.03. The molecule has 1 amide bonds. The number of aliphatic hydroxyl groups is 4. The third kappa shape index (κ3) is 3.77. The molecular weight excluding hydrogens is 492 g/mol. The van der Waals surface area contributed by atoms with Crippen LogP contribution in [0.25, 0.3) is 5.76 Å². The molecule has 1 aromatic rings. The second-order valence-electron chi connectivity index (χ2n) is 11.5. The third-order valence-electron chi connectivity index (χ3n) is 8.30. The Balaban J connectivity index is 1.97. The standard InChI is InChI=1S/C28H36N2O8/c1-7-11-27(3,4)29-26(37)18-23(34)20(30(5)6)19-22(33)15-12(2)13-9-8-10-14(31)16(13)21(32)17(15)24(35)28(19,38)25(18)36/h8-10,12,15,19-20,22,31-33,36,38H,7,11H2,1-6H3,(H,29,37)/t12-,15+,19+,20-,22-,28-/m0/s1. The SMILES string of the molecule is CCCC(C)(C)NC(=O)C1=C(O)[C@@]2(O)C(=O)C3=C(O)c4c(O)cccc4[C@H](C)[C@H]3[C@H](O)[C@H]2[C@H](N(C)C)C1=O. The van der Waals surface area contributed by atoms with Gasteiger partial charge in [0.05, 0.1) is 23.6 Å². The summed E-state index contributed by atoms with van der Waals surface area (Å²) in [4.78, 5) is 42.5. The minimum Gasteiger partial charge on any atom is -0.508 e. The van der Waals surface area contributed by atoms with Crippen LogP contribution in [0.15, 0.2) is 35.1 Å². The van der Waals surface area contributed by atoms with Crippen molar-refractivity contribution in [3.05, 3.63) is 46.2 Å². The largest absolute Gasteiger partial charge is 0.508 e. The highest BCUT2D eigenvalue weighted by Crippen LogP contribution is 2.56. The van der Waals surface area contributed by atoms with E-state index >= 15 is 0 Å². The molecule has 0 bridgehead atoms. The lowest BCUT2D eigenvalue weighted by Gasteiger charge is -2.53. The number of ketones is 2. The number of carbonyl (C=O) groups excluding carboxylic acids is 3. The maximum Gasteiger partial charge on any atom is 0.258 e. The fourth-order valence-corrected chi connectivity index (χ4v) is 6.61. The lowest BCUT2D eigenvalue weighted by Crippen LogP contribution is -2.70. The van der Waals surface area contributed by atoms with Crippen molar-refractivity contribution in [2.45, 2.75) is 69.7 Å². The van der Waals surface area contributed by atoms with Crippen molar-refractivity contribution in [1.82, 2.24) is 10.2 Å². The molecule has 206 valence electrons. The van der Waals surface area contributed by atoms with Gasteiger partial charge in [-0.15, -0.1) is 0 Å². The zero-order valence-corrected chi connectivity index (χ0v) is 22.4. The lowest BCUT2D eigenvalue weighted by atomic mass is 9.54. The Morgan fingerprint density at radius 2 is 1.79 bits per heavy atom. The molecule has 6 atom stereocenters. The van der Waals surface area contributed by atoms with Crippen molar-refractivity contribution in [2.75, 3.05) is 14.1 Å². The van der Waals surface area contributed by atoms with Crippen LogP contribution in [-0.4, -0.2) is 85.3 Å². The maximum atomic E-state index is 14.1. The Morgan fingerprint density at radius 3 is 2.37 bits per heavy atom. The van der Waals surface area contributed by atoms with E-state index in [1.807, 2.05) is 6.92 Å². The topological polar surface area (TPSA) is 168 Å². The first-order valence-electron chi connectivity index (χ1n) is 12.8. The monoisotopic (exact) mass is 528 g/mol. The second kappa shape index (κ2) is 9.21. The highest BCUT2D eigenvalue weighted by molar-refractivity contribution is 6.25. The van der Waals surface area contributed by atoms with Gasteiger partial charge >= 0.3 is 0 Å². The van der Waals surface area contributed by atoms with Crippen LogP contribution in [0.2, 0.25) is 0 Å². The Labute approximate surface area is 221 Å². The summed E-state index contributed by atoms with van der Waals surface area (Å²) >= 11 is 0. The summed E-state index contributed by atoms with van der Waals surface area (Å²) in [5, 5.41) is 59.2. The molecule has 3 aliphatic carbocycles. The number of hydrogen-bond donors (Lipinski definition) is 6. The van der Waals surface area contributed by atoms with E-state index in [4.69, 9.17) is 0 Å². The first kappa shape index (κ1) is 27.8. The van der Waals surface area contributed by atoms with Gasteiger partial charge in [-0.2, -0.15) is 0 Å². The van der Waals surface area contributed by atoms with E-state index in [0.717, 1.165) is 6.42 Å². The number of aromatic hydroxyl groups is 1. The number of nitrogens with zero attached hydrogens (tertiary/aromatic N) is 1. The van der Waals surface area contributed by atoms with E-state index in [2.05, 4.69) is 5.32 Å². The van der Waals surface area contributed by atoms with Crippen molar-refractivity contribution in [3.8, 4) is 5.75 Å². The summed E-state index contributed by atoms with van der Waals surface area (Å²) in [5.41, 5.74) is -4.30. The summed E-state index contributed by atoms with van der Waals surface area (Å²) in [5.74, 6) is -8.20. The highest BCUT2D eigenvalue weighted by Gasteiger charge is 2.68. The van der Waals surface area contributed by atoms with Crippen LogP contribution in [0, 0.1) is 11.8 Å². The molecule has 0 radical (unpaired) electrons. The molecule has 1 fully saturated rings. The number of aliphatic hydroxyl groups excluding tert-OH is 3. The van der Waals surface area contributed by atoms with Gasteiger partial charge in [-0.25, -0.2) is 0 Å². The fourth-order valence-electron chi connectivity index (χ4n) is 6.61. The van der Waals surface area contributed by atoms with E-state index < -0.39 is 75.6 Å². The molecule has 1 aromatic carbocycles. The molecule has 10 heteroatoms. The smallest absolute Gasteiger partial charge is 0.258 e. The Hall–Kier alpha value is -3.21. The number of carbonyl (C=O) groups is 3. The molecule has 0 spiro atoms. The maximum absolute atomic E-state index is 14.1. The van der Waals surface area contributed by atoms with Crippen LogP contribution >= 0.6 is 0 Å². The number of phenolic OH excluding ortho intramolecular Hbond substituents is 1. The number of hydrogen-bond acceptors (Lipinski definition) is 9. The number of phenols is 1. The van der Waals surface area contributed by atoms with Crippen LogP contribution in [0.1, 0.15) is 57.6 Å². The van der Waals surface area contributed by atoms with Crippen molar-refractivity contribution < 1.29 is 39.9 Å². The normalized spacial score (nSPS) is 31.2. The van der Waals surface area contributed by atoms with Crippen LogP contribution in [-0.2, 0) is 14.4 Å². The fraction of sp³-hybridized carbons (Fsp3) is 0.536. The number of nitrogens with one attached hydrogen (secondary N) is 1. The lowest BCUT2D eigenvalue weighted by molar-refractivity contribution is -0.169. The minimum absolute atomic E-state index is 0.00681. The van der Waals surface area contributed by atoms with Gasteiger partial charge in [0.15, 0.2) is 11.4 Å². The predicted molar refractivity (Wildman–Crippen MR) is 138 cm³/mol. The summed E-state index contributed by atoms with van der Waals surface area (Å²) in [6, 6.07) is 3.22. The van der Waals surface area contributed by atoms with Gasteiger partial charge in [-0.05, 0) is 51.9 Å². The van der Waals surface area contributed by atoms with Gasteiger partial charge in [-0.3, -0.25) is 19.3 Å². The first-order chi connectivity index (χ1) is 17.6. The minimum atomic E-state index is -2.88. The number of Topliss-reactive ketones (excluding diaryl/α,β-unsaturated/α-hetero) is 2. The molecular formula is C28H36N2O8. The van der Waals surface area contributed by atoms with E-state index in [9.17, 15) is 39.9 Å². The number of fused-ring (bicyclic) bond motifs is 3.